The molecule has 0 aliphatic carbocycles. The van der Waals surface area contributed by atoms with Crippen molar-refractivity contribution in [3.63, 3.8) is 0 Å². The molecule has 0 saturated heterocycles. The Labute approximate surface area is 110 Å². The molecular weight excluding hydrogens is 245 g/mol. The van der Waals surface area contributed by atoms with Gasteiger partial charge in [-0.3, -0.25) is 4.79 Å². The van der Waals surface area contributed by atoms with Gasteiger partial charge in [0.05, 0.1) is 6.04 Å². The van der Waals surface area contributed by atoms with Crippen LogP contribution in [0, 0.1) is 5.82 Å². The normalized spacial score (nSPS) is 11.9. The van der Waals surface area contributed by atoms with Crippen molar-refractivity contribution < 1.29 is 14.3 Å². The third-order valence-corrected chi connectivity index (χ3v) is 2.85. The van der Waals surface area contributed by atoms with E-state index in [1.807, 2.05) is 6.92 Å². The van der Waals surface area contributed by atoms with E-state index in [2.05, 4.69) is 5.32 Å². The van der Waals surface area contributed by atoms with Gasteiger partial charge in [-0.15, -0.1) is 0 Å². The number of halogens is 1. The molecule has 19 heavy (non-hydrogen) atoms. The average Bonchev–Trinajstić information content (AvgIpc) is 2.40. The summed E-state index contributed by atoms with van der Waals surface area (Å²) in [6.45, 7) is 1.84. The van der Waals surface area contributed by atoms with Gasteiger partial charge in [-0.2, -0.15) is 0 Å². The Bertz CT molecular complexity index is 564. The monoisotopic (exact) mass is 259 g/mol. The smallest absolute Gasteiger partial charge is 0.251 e. The zero-order valence-corrected chi connectivity index (χ0v) is 10.4. The van der Waals surface area contributed by atoms with Crippen LogP contribution < -0.4 is 5.32 Å². The van der Waals surface area contributed by atoms with E-state index in [0.29, 0.717) is 5.56 Å². The first-order valence-electron chi connectivity index (χ1n) is 5.91. The summed E-state index contributed by atoms with van der Waals surface area (Å²) in [4.78, 5) is 11.9. The van der Waals surface area contributed by atoms with Crippen molar-refractivity contribution in [3.05, 3.63) is 65.5 Å². The molecule has 0 bridgehead atoms. The fourth-order valence-corrected chi connectivity index (χ4v) is 1.73. The summed E-state index contributed by atoms with van der Waals surface area (Å²) in [6.07, 6.45) is 0. The van der Waals surface area contributed by atoms with Gasteiger partial charge in [-0.25, -0.2) is 4.39 Å². The molecule has 0 aromatic heterocycles. The van der Waals surface area contributed by atoms with Crippen molar-refractivity contribution in [2.75, 3.05) is 0 Å². The molecule has 2 aromatic carbocycles. The summed E-state index contributed by atoms with van der Waals surface area (Å²) < 4.78 is 12.8. The average molecular weight is 259 g/mol. The fraction of sp³-hybridized carbons (Fsp3) is 0.133. The molecule has 0 fully saturated rings. The zero-order valence-electron chi connectivity index (χ0n) is 10.4. The van der Waals surface area contributed by atoms with E-state index in [1.165, 1.54) is 24.3 Å². The van der Waals surface area contributed by atoms with Crippen LogP contribution >= 0.6 is 0 Å². The lowest BCUT2D eigenvalue weighted by molar-refractivity contribution is 0.0940. The lowest BCUT2D eigenvalue weighted by Crippen LogP contribution is -2.26. The van der Waals surface area contributed by atoms with E-state index in [1.54, 1.807) is 24.3 Å². The topological polar surface area (TPSA) is 49.3 Å². The summed E-state index contributed by atoms with van der Waals surface area (Å²) >= 11 is 0. The second-order valence-corrected chi connectivity index (χ2v) is 4.29. The summed E-state index contributed by atoms with van der Waals surface area (Å²) in [5.41, 5.74) is 1.29. The molecule has 0 aliphatic heterocycles. The van der Waals surface area contributed by atoms with E-state index in [9.17, 15) is 14.3 Å². The molecular formula is C15H14FNO2. The van der Waals surface area contributed by atoms with Gasteiger partial charge in [0.1, 0.15) is 11.6 Å². The van der Waals surface area contributed by atoms with Crippen LogP contribution in [0.4, 0.5) is 4.39 Å². The second-order valence-electron chi connectivity index (χ2n) is 4.29. The van der Waals surface area contributed by atoms with Crippen molar-refractivity contribution >= 4 is 5.91 Å². The Morgan fingerprint density at radius 1 is 1.11 bits per heavy atom. The maximum Gasteiger partial charge on any atom is 0.251 e. The molecule has 0 heterocycles. The highest BCUT2D eigenvalue weighted by molar-refractivity contribution is 5.94. The molecule has 2 aromatic rings. The fourth-order valence-electron chi connectivity index (χ4n) is 1.73. The number of hydrogen-bond acceptors (Lipinski definition) is 2. The highest BCUT2D eigenvalue weighted by atomic mass is 19.1. The van der Waals surface area contributed by atoms with E-state index in [-0.39, 0.29) is 23.5 Å². The molecule has 1 amide bonds. The summed E-state index contributed by atoms with van der Waals surface area (Å²) in [5, 5.41) is 12.0. The Kier molecular flexibility index (Phi) is 3.80. The first-order chi connectivity index (χ1) is 9.06. The van der Waals surface area contributed by atoms with Gasteiger partial charge in [-0.1, -0.05) is 12.1 Å². The van der Waals surface area contributed by atoms with E-state index >= 15 is 0 Å². The van der Waals surface area contributed by atoms with Crippen LogP contribution in [-0.4, -0.2) is 11.0 Å². The molecule has 0 spiro atoms. The number of nitrogens with one attached hydrogen (secondary N) is 1. The first kappa shape index (κ1) is 13.1. The highest BCUT2D eigenvalue weighted by Gasteiger charge is 2.11. The van der Waals surface area contributed by atoms with Crippen LogP contribution in [-0.2, 0) is 0 Å². The van der Waals surface area contributed by atoms with Crippen LogP contribution in [0.2, 0.25) is 0 Å². The standard InChI is InChI=1S/C15H14FNO2/c1-10(11-4-8-14(18)9-5-11)17-15(19)12-2-6-13(16)7-3-12/h2-10,18H,1H3,(H,17,19)/t10-/m0/s1. The van der Waals surface area contributed by atoms with Gasteiger partial charge in [-0.05, 0) is 48.9 Å². The Hall–Kier alpha value is -2.36. The van der Waals surface area contributed by atoms with Crippen molar-refractivity contribution in [2.45, 2.75) is 13.0 Å². The number of carbonyl (C=O) groups is 1. The molecule has 0 aliphatic rings. The molecule has 0 saturated carbocycles. The summed E-state index contributed by atoms with van der Waals surface area (Å²) in [5.74, 6) is -0.454. The number of phenolic OH excluding ortho intramolecular Hbond substituents is 1. The molecule has 0 unspecified atom stereocenters. The third kappa shape index (κ3) is 3.31. The maximum absolute atomic E-state index is 12.8. The highest BCUT2D eigenvalue weighted by Crippen LogP contribution is 2.17. The van der Waals surface area contributed by atoms with E-state index < -0.39 is 0 Å². The van der Waals surface area contributed by atoms with E-state index in [0.717, 1.165) is 5.56 Å². The van der Waals surface area contributed by atoms with Crippen molar-refractivity contribution in [1.82, 2.24) is 5.32 Å². The molecule has 3 nitrogen and oxygen atoms in total. The minimum Gasteiger partial charge on any atom is -0.508 e. The molecule has 2 N–H and O–H groups in total. The van der Waals surface area contributed by atoms with Gasteiger partial charge in [0, 0.05) is 5.56 Å². The van der Waals surface area contributed by atoms with Crippen molar-refractivity contribution in [1.29, 1.82) is 0 Å². The molecule has 98 valence electrons. The number of hydrogen-bond donors (Lipinski definition) is 2. The Balaban J connectivity index is 2.06. The van der Waals surface area contributed by atoms with Gasteiger partial charge in [0.2, 0.25) is 0 Å². The molecule has 1 atom stereocenters. The first-order valence-corrected chi connectivity index (χ1v) is 5.91. The minimum absolute atomic E-state index is 0.181. The molecule has 2 rings (SSSR count). The van der Waals surface area contributed by atoms with E-state index in [4.69, 9.17) is 0 Å². The van der Waals surface area contributed by atoms with Crippen molar-refractivity contribution in [3.8, 4) is 5.75 Å². The predicted molar refractivity (Wildman–Crippen MR) is 70.4 cm³/mol. The van der Waals surface area contributed by atoms with Gasteiger partial charge in [0.15, 0.2) is 0 Å². The third-order valence-electron chi connectivity index (χ3n) is 2.85. The Morgan fingerprint density at radius 3 is 2.26 bits per heavy atom. The summed E-state index contributed by atoms with van der Waals surface area (Å²) in [7, 11) is 0. The second kappa shape index (κ2) is 5.52. The largest absolute Gasteiger partial charge is 0.508 e. The van der Waals surface area contributed by atoms with Gasteiger partial charge >= 0.3 is 0 Å². The lowest BCUT2D eigenvalue weighted by atomic mass is 10.1. The predicted octanol–water partition coefficient (Wildman–Crippen LogP) is 3.02. The minimum atomic E-state index is -0.372. The number of amides is 1. The van der Waals surface area contributed by atoms with Crippen LogP contribution in [0.5, 0.6) is 5.75 Å². The number of phenols is 1. The SMILES string of the molecule is C[C@H](NC(=O)c1ccc(F)cc1)c1ccc(O)cc1. The number of aromatic hydroxyl groups is 1. The Morgan fingerprint density at radius 2 is 1.68 bits per heavy atom. The number of rotatable bonds is 3. The number of carbonyl (C=O) groups excluding carboxylic acids is 1. The number of benzene rings is 2. The molecule has 0 radical (unpaired) electrons. The zero-order chi connectivity index (χ0) is 13.8. The maximum atomic E-state index is 12.8. The molecule has 4 heteroatoms. The van der Waals surface area contributed by atoms with Gasteiger partial charge < -0.3 is 10.4 Å². The lowest BCUT2D eigenvalue weighted by Gasteiger charge is -2.14. The van der Waals surface area contributed by atoms with Gasteiger partial charge in [0.25, 0.3) is 5.91 Å². The van der Waals surface area contributed by atoms with Crippen LogP contribution in [0.3, 0.4) is 0 Å². The van der Waals surface area contributed by atoms with Crippen LogP contribution in [0.1, 0.15) is 28.9 Å². The summed E-state index contributed by atoms with van der Waals surface area (Å²) in [6, 6.07) is 11.8. The quantitative estimate of drug-likeness (QED) is 0.890. The van der Waals surface area contributed by atoms with Crippen LogP contribution in [0.15, 0.2) is 48.5 Å². The van der Waals surface area contributed by atoms with Crippen LogP contribution in [0.25, 0.3) is 0 Å². The van der Waals surface area contributed by atoms with Crippen molar-refractivity contribution in [2.24, 2.45) is 0 Å².